The normalized spacial score (nSPS) is 27.7. The molecule has 1 aliphatic carbocycles. The average Bonchev–Trinajstić information content (AvgIpc) is 2.71. The molecule has 7 nitrogen and oxygen atoms in total. The molecule has 0 radical (unpaired) electrons. The lowest BCUT2D eigenvalue weighted by atomic mass is 9.89. The highest BCUT2D eigenvalue weighted by Gasteiger charge is 2.36. The molecule has 7 heteroatoms. The number of rotatable bonds is 2. The van der Waals surface area contributed by atoms with Crippen LogP contribution in [0.15, 0.2) is 6.20 Å². The van der Waals surface area contributed by atoms with E-state index in [-0.39, 0.29) is 23.5 Å². The Kier molecular flexibility index (Phi) is 3.21. The number of nitrogens with two attached hydrogens (primary N) is 2. The smallest absolute Gasteiger partial charge is 0.254 e. The Hall–Kier alpha value is -2.07. The molecular weight excluding hydrogens is 234 g/mol. The number of carbonyl (C=O) groups is 1. The fraction of sp³-hybridized carbons (Fsp3) is 0.545. The molecule has 0 spiro atoms. The van der Waals surface area contributed by atoms with Crippen LogP contribution in [-0.2, 0) is 0 Å². The average molecular weight is 249 g/mol. The van der Waals surface area contributed by atoms with Gasteiger partial charge in [-0.05, 0) is 12.8 Å². The Morgan fingerprint density at radius 3 is 2.89 bits per heavy atom. The van der Waals surface area contributed by atoms with Crippen molar-refractivity contribution >= 4 is 11.7 Å². The molecule has 0 bridgehead atoms. The van der Waals surface area contributed by atoms with Crippen molar-refractivity contribution in [2.75, 3.05) is 5.73 Å². The minimum atomic E-state index is -0.631. The minimum Gasteiger partial charge on any atom is -0.393 e. The summed E-state index contributed by atoms with van der Waals surface area (Å²) in [4.78, 5) is 14.6. The van der Waals surface area contributed by atoms with Gasteiger partial charge in [-0.15, -0.1) is 0 Å². The number of nitrogen functional groups attached to an aromatic ring is 1. The number of anilines is 1. The van der Waals surface area contributed by atoms with Crippen molar-refractivity contribution in [1.82, 2.24) is 9.78 Å². The summed E-state index contributed by atoms with van der Waals surface area (Å²) >= 11 is 0. The number of primary amides is 1. The summed E-state index contributed by atoms with van der Waals surface area (Å²) in [5.74, 6) is -0.550. The molecule has 96 valence electrons. The van der Waals surface area contributed by atoms with Crippen LogP contribution in [0.3, 0.4) is 0 Å². The molecule has 1 heterocycles. The van der Waals surface area contributed by atoms with Crippen LogP contribution >= 0.6 is 0 Å². The number of hydrogen-bond donors (Lipinski definition) is 3. The third-order valence-corrected chi connectivity index (χ3v) is 3.28. The van der Waals surface area contributed by atoms with Gasteiger partial charge in [-0.2, -0.15) is 5.10 Å². The van der Waals surface area contributed by atoms with E-state index in [4.69, 9.17) is 18.0 Å². The van der Waals surface area contributed by atoms with Gasteiger partial charge in [0.15, 0.2) is 5.82 Å². The van der Waals surface area contributed by atoms with E-state index in [0.717, 1.165) is 0 Å². The summed E-state index contributed by atoms with van der Waals surface area (Å²) in [7, 11) is 0. The zero-order valence-electron chi connectivity index (χ0n) is 9.78. The Bertz CT molecular complexity index is 504. The van der Waals surface area contributed by atoms with Crippen LogP contribution in [0.2, 0.25) is 0 Å². The number of aliphatic hydroxyl groups is 1. The van der Waals surface area contributed by atoms with Crippen molar-refractivity contribution in [2.45, 2.75) is 37.5 Å². The van der Waals surface area contributed by atoms with Crippen molar-refractivity contribution in [3.63, 3.8) is 0 Å². The summed E-state index contributed by atoms with van der Waals surface area (Å²) in [6, 6.07) is -0.518. The molecule has 5 N–H and O–H groups in total. The molecular formula is C11H15N5O2. The monoisotopic (exact) mass is 249 g/mol. The van der Waals surface area contributed by atoms with Crippen molar-refractivity contribution in [2.24, 2.45) is 5.73 Å². The number of hydrogen-bond acceptors (Lipinski definition) is 4. The van der Waals surface area contributed by atoms with Gasteiger partial charge in [-0.3, -0.25) is 9.48 Å². The van der Waals surface area contributed by atoms with E-state index < -0.39 is 12.0 Å². The van der Waals surface area contributed by atoms with Gasteiger partial charge in [0, 0.05) is 6.20 Å². The highest BCUT2D eigenvalue weighted by molar-refractivity contribution is 5.96. The summed E-state index contributed by atoms with van der Waals surface area (Å²) in [6.45, 7) is 7.16. The summed E-state index contributed by atoms with van der Waals surface area (Å²) in [5, 5.41) is 13.6. The highest BCUT2D eigenvalue weighted by atomic mass is 16.3. The van der Waals surface area contributed by atoms with Gasteiger partial charge in [-0.1, -0.05) is 0 Å². The van der Waals surface area contributed by atoms with Gasteiger partial charge in [0.25, 0.3) is 5.91 Å². The Labute approximate surface area is 104 Å². The molecule has 0 aromatic carbocycles. The van der Waals surface area contributed by atoms with E-state index in [1.54, 1.807) is 0 Å². The molecule has 2 rings (SSSR count). The highest BCUT2D eigenvalue weighted by Crippen LogP contribution is 2.31. The lowest BCUT2D eigenvalue weighted by molar-refractivity contribution is 0.0994. The van der Waals surface area contributed by atoms with Crippen LogP contribution < -0.4 is 11.5 Å². The van der Waals surface area contributed by atoms with Gasteiger partial charge in [0.2, 0.25) is 6.04 Å². The van der Waals surface area contributed by atoms with Crippen molar-refractivity contribution < 1.29 is 9.90 Å². The molecule has 18 heavy (non-hydrogen) atoms. The molecule has 1 fully saturated rings. The number of nitrogens with zero attached hydrogens (tertiary/aromatic N) is 3. The maximum absolute atomic E-state index is 11.1. The molecule has 3 atom stereocenters. The second-order valence-electron chi connectivity index (χ2n) is 4.50. The van der Waals surface area contributed by atoms with Gasteiger partial charge in [0.1, 0.15) is 11.6 Å². The Balaban J connectivity index is 2.28. The van der Waals surface area contributed by atoms with Crippen LogP contribution in [0.4, 0.5) is 5.82 Å². The summed E-state index contributed by atoms with van der Waals surface area (Å²) in [5.41, 5.74) is 10.9. The maximum Gasteiger partial charge on any atom is 0.254 e. The SMILES string of the molecule is [C-]#[N+][C@H]1C[C@H](O)CC[C@@H]1n1cc(C(N)=O)c(N)n1. The second kappa shape index (κ2) is 4.66. The Morgan fingerprint density at radius 1 is 1.61 bits per heavy atom. The standard InChI is InChI=1S/C11H15N5O2/c1-14-8-4-6(17)2-3-9(8)16-5-7(11(13)18)10(12)15-16/h5-6,8-9,17H,2-4H2,(H2,12,15)(H2,13,18)/t6-,8+,9+/m1/s1. The fourth-order valence-electron chi connectivity index (χ4n) is 2.32. The van der Waals surface area contributed by atoms with Crippen molar-refractivity contribution in [3.05, 3.63) is 23.2 Å². The fourth-order valence-corrected chi connectivity index (χ4v) is 2.32. The van der Waals surface area contributed by atoms with Gasteiger partial charge in [-0.25, -0.2) is 6.57 Å². The quantitative estimate of drug-likeness (QED) is 0.637. The Morgan fingerprint density at radius 2 is 2.33 bits per heavy atom. The molecule has 0 saturated heterocycles. The first-order valence-electron chi connectivity index (χ1n) is 5.72. The van der Waals surface area contributed by atoms with E-state index in [1.165, 1.54) is 10.9 Å². The molecule has 1 aromatic heterocycles. The predicted octanol–water partition coefficient (Wildman–Crippen LogP) is -0.0620. The number of carbonyl (C=O) groups excluding carboxylic acids is 1. The number of amides is 1. The summed E-state index contributed by atoms with van der Waals surface area (Å²) < 4.78 is 1.53. The maximum atomic E-state index is 11.1. The van der Waals surface area contributed by atoms with Crippen LogP contribution in [0.25, 0.3) is 4.85 Å². The van der Waals surface area contributed by atoms with Gasteiger partial charge in [0.05, 0.1) is 12.5 Å². The molecule has 1 aliphatic rings. The molecule has 0 aliphatic heterocycles. The third-order valence-electron chi connectivity index (χ3n) is 3.28. The van der Waals surface area contributed by atoms with Crippen LogP contribution in [0.5, 0.6) is 0 Å². The number of aliphatic hydroxyl groups excluding tert-OH is 1. The first-order chi connectivity index (χ1) is 8.52. The molecule has 1 saturated carbocycles. The molecule has 1 aromatic rings. The predicted molar refractivity (Wildman–Crippen MR) is 64.4 cm³/mol. The first-order valence-corrected chi connectivity index (χ1v) is 5.72. The van der Waals surface area contributed by atoms with Crippen molar-refractivity contribution in [1.29, 1.82) is 0 Å². The zero-order valence-corrected chi connectivity index (χ0v) is 9.78. The zero-order chi connectivity index (χ0) is 13.3. The topological polar surface area (TPSA) is 112 Å². The van der Waals surface area contributed by atoms with Gasteiger partial charge >= 0.3 is 0 Å². The van der Waals surface area contributed by atoms with Crippen LogP contribution in [0.1, 0.15) is 35.7 Å². The van der Waals surface area contributed by atoms with Crippen molar-refractivity contribution in [3.8, 4) is 0 Å². The van der Waals surface area contributed by atoms with E-state index in [9.17, 15) is 9.90 Å². The lowest BCUT2D eigenvalue weighted by Gasteiger charge is -2.26. The molecule has 1 amide bonds. The van der Waals surface area contributed by atoms with Gasteiger partial charge < -0.3 is 21.4 Å². The van der Waals surface area contributed by atoms with Crippen LogP contribution in [0, 0.1) is 6.57 Å². The van der Waals surface area contributed by atoms with E-state index in [2.05, 4.69) is 9.94 Å². The third kappa shape index (κ3) is 2.15. The van der Waals surface area contributed by atoms with Crippen LogP contribution in [-0.4, -0.2) is 32.9 Å². The lowest BCUT2D eigenvalue weighted by Crippen LogP contribution is -2.32. The minimum absolute atomic E-state index is 0.0809. The van der Waals surface area contributed by atoms with E-state index >= 15 is 0 Å². The van der Waals surface area contributed by atoms with E-state index in [1.807, 2.05) is 0 Å². The first kappa shape index (κ1) is 12.4. The van der Waals surface area contributed by atoms with E-state index in [0.29, 0.717) is 19.3 Å². The number of aromatic nitrogens is 2. The summed E-state index contributed by atoms with van der Waals surface area (Å²) in [6.07, 6.45) is 2.71. The largest absolute Gasteiger partial charge is 0.393 e. The molecule has 0 unspecified atom stereocenters. The second-order valence-corrected chi connectivity index (χ2v) is 4.50.